The molecule has 0 amide bonds. The van der Waals surface area contributed by atoms with Crippen LogP contribution in [0.5, 0.6) is 5.75 Å². The zero-order chi connectivity index (χ0) is 13.0. The first-order valence-electron chi connectivity index (χ1n) is 5.88. The predicted octanol–water partition coefficient (Wildman–Crippen LogP) is 3.84. The average molecular weight is 306 g/mol. The molecule has 0 bridgehead atoms. The van der Waals surface area contributed by atoms with E-state index in [4.69, 9.17) is 10.5 Å². The number of rotatable bonds is 4. The van der Waals surface area contributed by atoms with E-state index < -0.39 is 0 Å². The zero-order valence-corrected chi connectivity index (χ0v) is 11.9. The highest BCUT2D eigenvalue weighted by atomic mass is 79.9. The Kier molecular flexibility index (Phi) is 4.39. The van der Waals surface area contributed by atoms with Crippen LogP contribution in [-0.4, -0.2) is 6.54 Å². The van der Waals surface area contributed by atoms with Crippen molar-refractivity contribution >= 4 is 15.9 Å². The summed E-state index contributed by atoms with van der Waals surface area (Å²) in [4.78, 5) is 0. The van der Waals surface area contributed by atoms with Crippen molar-refractivity contribution < 1.29 is 4.74 Å². The van der Waals surface area contributed by atoms with E-state index in [1.54, 1.807) is 0 Å². The maximum atomic E-state index is 5.90. The van der Waals surface area contributed by atoms with Gasteiger partial charge in [-0.1, -0.05) is 45.8 Å². The van der Waals surface area contributed by atoms with E-state index in [-0.39, 0.29) is 6.10 Å². The van der Waals surface area contributed by atoms with Crippen molar-refractivity contribution in [1.29, 1.82) is 0 Å². The van der Waals surface area contributed by atoms with Gasteiger partial charge in [0.1, 0.15) is 11.9 Å². The fourth-order valence-corrected chi connectivity index (χ4v) is 1.98. The van der Waals surface area contributed by atoms with Crippen LogP contribution in [0.2, 0.25) is 0 Å². The Morgan fingerprint density at radius 3 is 2.22 bits per heavy atom. The zero-order valence-electron chi connectivity index (χ0n) is 10.3. The summed E-state index contributed by atoms with van der Waals surface area (Å²) in [5.41, 5.74) is 8.09. The minimum Gasteiger partial charge on any atom is -0.484 e. The van der Waals surface area contributed by atoms with Crippen molar-refractivity contribution in [2.45, 2.75) is 13.0 Å². The molecule has 0 aliphatic heterocycles. The average Bonchev–Trinajstić information content (AvgIpc) is 2.39. The molecule has 2 aromatic carbocycles. The first-order chi connectivity index (χ1) is 8.69. The highest BCUT2D eigenvalue weighted by Crippen LogP contribution is 2.23. The SMILES string of the molecule is Cc1ccc(OC(CN)c2ccc(Br)cc2)cc1. The molecule has 3 heteroatoms. The van der Waals surface area contributed by atoms with E-state index >= 15 is 0 Å². The number of halogens is 1. The Hall–Kier alpha value is -1.32. The van der Waals surface area contributed by atoms with Crippen molar-refractivity contribution in [2.75, 3.05) is 6.54 Å². The summed E-state index contributed by atoms with van der Waals surface area (Å²) < 4.78 is 6.96. The highest BCUT2D eigenvalue weighted by molar-refractivity contribution is 9.10. The van der Waals surface area contributed by atoms with Crippen LogP contribution >= 0.6 is 15.9 Å². The topological polar surface area (TPSA) is 35.2 Å². The first-order valence-corrected chi connectivity index (χ1v) is 6.67. The molecule has 0 aromatic heterocycles. The summed E-state index contributed by atoms with van der Waals surface area (Å²) in [6.45, 7) is 2.51. The lowest BCUT2D eigenvalue weighted by Gasteiger charge is -2.18. The Morgan fingerprint density at radius 2 is 1.67 bits per heavy atom. The van der Waals surface area contributed by atoms with E-state index in [2.05, 4.69) is 22.9 Å². The summed E-state index contributed by atoms with van der Waals surface area (Å²) >= 11 is 3.42. The fourth-order valence-electron chi connectivity index (χ4n) is 1.71. The van der Waals surface area contributed by atoms with Crippen molar-refractivity contribution in [3.8, 4) is 5.75 Å². The van der Waals surface area contributed by atoms with Gasteiger partial charge in [-0.05, 0) is 36.8 Å². The van der Waals surface area contributed by atoms with Crippen LogP contribution in [0.25, 0.3) is 0 Å². The van der Waals surface area contributed by atoms with Gasteiger partial charge in [0.2, 0.25) is 0 Å². The Balaban J connectivity index is 2.14. The monoisotopic (exact) mass is 305 g/mol. The third-order valence-corrected chi connectivity index (χ3v) is 3.28. The lowest BCUT2D eigenvalue weighted by Crippen LogP contribution is -2.18. The van der Waals surface area contributed by atoms with E-state index in [1.165, 1.54) is 5.56 Å². The number of nitrogens with two attached hydrogens (primary N) is 1. The molecular formula is C15H16BrNO. The summed E-state index contributed by atoms with van der Waals surface area (Å²) in [7, 11) is 0. The van der Waals surface area contributed by atoms with Gasteiger partial charge in [-0.3, -0.25) is 0 Å². The van der Waals surface area contributed by atoms with Gasteiger partial charge in [0, 0.05) is 11.0 Å². The van der Waals surface area contributed by atoms with Crippen molar-refractivity contribution in [2.24, 2.45) is 5.73 Å². The molecule has 0 aliphatic rings. The van der Waals surface area contributed by atoms with E-state index in [1.807, 2.05) is 48.5 Å². The van der Waals surface area contributed by atoms with Gasteiger partial charge >= 0.3 is 0 Å². The van der Waals surface area contributed by atoms with Crippen LogP contribution in [0.3, 0.4) is 0 Å². The fraction of sp³-hybridized carbons (Fsp3) is 0.200. The molecule has 2 nitrogen and oxygen atoms in total. The van der Waals surface area contributed by atoms with Crippen molar-refractivity contribution in [3.63, 3.8) is 0 Å². The minimum absolute atomic E-state index is 0.110. The molecule has 0 fully saturated rings. The van der Waals surface area contributed by atoms with Gasteiger partial charge in [0.15, 0.2) is 0 Å². The number of ether oxygens (including phenoxy) is 1. The molecule has 0 radical (unpaired) electrons. The second-order valence-electron chi connectivity index (χ2n) is 4.21. The number of benzene rings is 2. The molecule has 2 rings (SSSR count). The lowest BCUT2D eigenvalue weighted by molar-refractivity contribution is 0.214. The number of hydrogen-bond donors (Lipinski definition) is 1. The molecule has 2 N–H and O–H groups in total. The standard InChI is InChI=1S/C15H16BrNO/c1-11-2-8-14(9-3-11)18-15(10-17)12-4-6-13(16)7-5-12/h2-9,15H,10,17H2,1H3. The minimum atomic E-state index is -0.110. The molecule has 0 aliphatic carbocycles. The van der Waals surface area contributed by atoms with Gasteiger partial charge in [-0.2, -0.15) is 0 Å². The van der Waals surface area contributed by atoms with Gasteiger partial charge in [0.25, 0.3) is 0 Å². The quantitative estimate of drug-likeness (QED) is 0.931. The van der Waals surface area contributed by atoms with Gasteiger partial charge in [0.05, 0.1) is 0 Å². The third kappa shape index (κ3) is 3.34. The van der Waals surface area contributed by atoms with Crippen LogP contribution in [0.15, 0.2) is 53.0 Å². The van der Waals surface area contributed by atoms with E-state index in [9.17, 15) is 0 Å². The second-order valence-corrected chi connectivity index (χ2v) is 5.12. The molecule has 1 atom stereocenters. The number of aryl methyl sites for hydroxylation is 1. The van der Waals surface area contributed by atoms with E-state index in [0.717, 1.165) is 15.8 Å². The van der Waals surface area contributed by atoms with Gasteiger partial charge < -0.3 is 10.5 Å². The Morgan fingerprint density at radius 1 is 1.06 bits per heavy atom. The van der Waals surface area contributed by atoms with Crippen LogP contribution in [-0.2, 0) is 0 Å². The summed E-state index contributed by atoms with van der Waals surface area (Å²) in [6, 6.07) is 16.0. The van der Waals surface area contributed by atoms with E-state index in [0.29, 0.717) is 6.54 Å². The van der Waals surface area contributed by atoms with Gasteiger partial charge in [-0.15, -0.1) is 0 Å². The van der Waals surface area contributed by atoms with Crippen LogP contribution < -0.4 is 10.5 Å². The predicted molar refractivity (Wildman–Crippen MR) is 77.7 cm³/mol. The molecule has 0 heterocycles. The molecular weight excluding hydrogens is 290 g/mol. The maximum Gasteiger partial charge on any atom is 0.136 e. The van der Waals surface area contributed by atoms with Crippen molar-refractivity contribution in [3.05, 3.63) is 64.1 Å². The van der Waals surface area contributed by atoms with Crippen LogP contribution in [0, 0.1) is 6.92 Å². The number of hydrogen-bond acceptors (Lipinski definition) is 2. The lowest BCUT2D eigenvalue weighted by atomic mass is 10.1. The molecule has 2 aromatic rings. The van der Waals surface area contributed by atoms with Crippen molar-refractivity contribution in [1.82, 2.24) is 0 Å². The Labute approximate surface area is 116 Å². The Bertz CT molecular complexity index is 493. The molecule has 18 heavy (non-hydrogen) atoms. The maximum absolute atomic E-state index is 5.90. The highest BCUT2D eigenvalue weighted by Gasteiger charge is 2.11. The normalized spacial score (nSPS) is 12.2. The molecule has 0 spiro atoms. The molecule has 0 saturated carbocycles. The summed E-state index contributed by atoms with van der Waals surface area (Å²) in [5.74, 6) is 0.846. The first kappa shape index (κ1) is 13.1. The molecule has 0 saturated heterocycles. The van der Waals surface area contributed by atoms with Crippen LogP contribution in [0.1, 0.15) is 17.2 Å². The summed E-state index contributed by atoms with van der Waals surface area (Å²) in [6.07, 6.45) is -0.110. The largest absolute Gasteiger partial charge is 0.484 e. The van der Waals surface area contributed by atoms with Gasteiger partial charge in [-0.25, -0.2) is 0 Å². The smallest absolute Gasteiger partial charge is 0.136 e. The molecule has 94 valence electrons. The summed E-state index contributed by atoms with van der Waals surface area (Å²) in [5, 5.41) is 0. The third-order valence-electron chi connectivity index (χ3n) is 2.76. The second kappa shape index (κ2) is 6.03. The van der Waals surface area contributed by atoms with Crippen LogP contribution in [0.4, 0.5) is 0 Å². The molecule has 1 unspecified atom stereocenters.